The molecule has 0 saturated carbocycles. The minimum atomic E-state index is -2.06. The van der Waals surface area contributed by atoms with Gasteiger partial charge in [0.25, 0.3) is 0 Å². The lowest BCUT2D eigenvalue weighted by Gasteiger charge is -2.38. The van der Waals surface area contributed by atoms with Crippen LogP contribution in [0.4, 0.5) is 0 Å². The number of Topliss-reactive ketones (excluding diaryl/α,β-unsaturated/α-hetero) is 1. The first-order valence-electron chi connectivity index (χ1n) is 16.1. The van der Waals surface area contributed by atoms with Crippen molar-refractivity contribution in [3.8, 4) is 45.9 Å². The SMILES string of the molecule is CC(C)[Si](C#CC1=C(C#C[Si](C)(C)C)C(=O)C(C#C[Si](C)(C)C)=C1C#C[Si](C(C)C)(C(C)C)C(C)C)(C(C)C)C(C)C. The quantitative estimate of drug-likeness (QED) is 0.210. The second-order valence-electron chi connectivity index (χ2n) is 16.1. The monoisotopic (exact) mass is 632 g/mol. The molecule has 0 aliphatic heterocycles. The zero-order valence-electron chi connectivity index (χ0n) is 30.4. The Morgan fingerprint density at radius 1 is 0.381 bits per heavy atom. The van der Waals surface area contributed by atoms with E-state index in [9.17, 15) is 4.79 Å². The minimum Gasteiger partial charge on any atom is -0.287 e. The van der Waals surface area contributed by atoms with Crippen LogP contribution in [0.1, 0.15) is 83.1 Å². The lowest BCUT2D eigenvalue weighted by Crippen LogP contribution is -2.43. The normalized spacial score (nSPS) is 14.8. The lowest BCUT2D eigenvalue weighted by atomic mass is 10.1. The van der Waals surface area contributed by atoms with Gasteiger partial charge in [-0.2, -0.15) is 0 Å². The zero-order chi connectivity index (χ0) is 33.0. The molecular formula is C37H60OSi4. The highest BCUT2D eigenvalue weighted by Gasteiger charge is 2.43. The van der Waals surface area contributed by atoms with Crippen molar-refractivity contribution in [1.82, 2.24) is 0 Å². The Kier molecular flexibility index (Phi) is 13.1. The van der Waals surface area contributed by atoms with Crippen molar-refractivity contribution in [3.63, 3.8) is 0 Å². The van der Waals surface area contributed by atoms with Crippen molar-refractivity contribution in [2.45, 2.75) is 156 Å². The number of ketones is 1. The van der Waals surface area contributed by atoms with Gasteiger partial charge in [0, 0.05) is 0 Å². The molecule has 42 heavy (non-hydrogen) atoms. The molecule has 0 bridgehead atoms. The predicted molar refractivity (Wildman–Crippen MR) is 199 cm³/mol. The van der Waals surface area contributed by atoms with Crippen LogP contribution in [0.25, 0.3) is 0 Å². The molecular weight excluding hydrogens is 573 g/mol. The van der Waals surface area contributed by atoms with E-state index in [2.05, 4.69) is 168 Å². The molecule has 0 aromatic rings. The van der Waals surface area contributed by atoms with E-state index in [0.717, 1.165) is 11.1 Å². The molecule has 0 unspecified atom stereocenters. The number of carbonyl (C=O) groups is 1. The van der Waals surface area contributed by atoms with Crippen LogP contribution in [0.5, 0.6) is 0 Å². The Hall–Kier alpha value is -1.74. The van der Waals surface area contributed by atoms with Gasteiger partial charge in [-0.15, -0.1) is 22.2 Å². The van der Waals surface area contributed by atoms with Crippen molar-refractivity contribution in [1.29, 1.82) is 0 Å². The molecule has 0 aromatic heterocycles. The maximum atomic E-state index is 14.2. The fraction of sp³-hybridized carbons (Fsp3) is 0.649. The van der Waals surface area contributed by atoms with Crippen molar-refractivity contribution in [2.24, 2.45) is 0 Å². The highest BCUT2D eigenvalue weighted by Crippen LogP contribution is 2.43. The fourth-order valence-electron chi connectivity index (χ4n) is 6.80. The molecule has 0 N–H and O–H groups in total. The third kappa shape index (κ3) is 8.67. The van der Waals surface area contributed by atoms with Gasteiger partial charge in [0.1, 0.15) is 32.3 Å². The Balaban J connectivity index is 4.43. The van der Waals surface area contributed by atoms with Gasteiger partial charge in [0.15, 0.2) is 0 Å². The molecule has 0 heterocycles. The molecule has 1 nitrogen and oxygen atoms in total. The largest absolute Gasteiger partial charge is 0.287 e. The van der Waals surface area contributed by atoms with E-state index in [4.69, 9.17) is 0 Å². The maximum Gasteiger partial charge on any atom is 0.212 e. The van der Waals surface area contributed by atoms with Gasteiger partial charge in [-0.05, 0) is 33.2 Å². The molecule has 0 aromatic carbocycles. The first-order chi connectivity index (χ1) is 19.0. The Labute approximate surface area is 265 Å². The average molecular weight is 633 g/mol. The van der Waals surface area contributed by atoms with E-state index < -0.39 is 32.3 Å². The molecule has 1 aliphatic rings. The summed E-state index contributed by atoms with van der Waals surface area (Å²) in [6, 6.07) is 0. The van der Waals surface area contributed by atoms with Gasteiger partial charge in [0.05, 0.1) is 22.3 Å². The lowest BCUT2D eigenvalue weighted by molar-refractivity contribution is -0.111. The summed E-state index contributed by atoms with van der Waals surface area (Å²) in [7, 11) is -7.61. The summed E-state index contributed by atoms with van der Waals surface area (Å²) in [6.07, 6.45) is 0. The van der Waals surface area contributed by atoms with Crippen LogP contribution in [-0.2, 0) is 4.79 Å². The zero-order valence-corrected chi connectivity index (χ0v) is 34.4. The second kappa shape index (κ2) is 14.4. The van der Waals surface area contributed by atoms with Gasteiger partial charge < -0.3 is 0 Å². The molecule has 0 spiro atoms. The molecule has 1 aliphatic carbocycles. The summed E-state index contributed by atoms with van der Waals surface area (Å²) in [4.78, 5) is 14.2. The highest BCUT2D eigenvalue weighted by atomic mass is 28.3. The van der Waals surface area contributed by atoms with E-state index in [-0.39, 0.29) is 5.78 Å². The third-order valence-corrected chi connectivity index (χ3v) is 23.2. The van der Waals surface area contributed by atoms with E-state index in [1.54, 1.807) is 0 Å². The van der Waals surface area contributed by atoms with Crippen LogP contribution < -0.4 is 0 Å². The van der Waals surface area contributed by atoms with Crippen LogP contribution >= 0.6 is 0 Å². The summed E-state index contributed by atoms with van der Waals surface area (Å²) in [5, 5.41) is 0. The number of carbonyl (C=O) groups excluding carboxylic acids is 1. The van der Waals surface area contributed by atoms with Crippen molar-refractivity contribution in [3.05, 3.63) is 22.3 Å². The molecule has 0 amide bonds. The maximum absolute atomic E-state index is 14.2. The first-order valence-corrected chi connectivity index (χ1v) is 27.6. The summed E-state index contributed by atoms with van der Waals surface area (Å²) in [5.41, 5.74) is 20.3. The van der Waals surface area contributed by atoms with Crippen molar-refractivity contribution in [2.75, 3.05) is 0 Å². The smallest absolute Gasteiger partial charge is 0.212 e. The minimum absolute atomic E-state index is 0.0723. The van der Waals surface area contributed by atoms with Gasteiger partial charge in [-0.1, -0.05) is 146 Å². The van der Waals surface area contributed by atoms with Gasteiger partial charge in [0.2, 0.25) is 5.78 Å². The molecule has 230 valence electrons. The molecule has 0 radical (unpaired) electrons. The average Bonchev–Trinajstić information content (AvgIpc) is 3.04. The standard InChI is InChI=1S/C37H60OSi4/c1-27(2)41(28(3)4,29(5)6)25-21-33-34(22-26-42(30(7)8,31(9)10)32(11)12)36(20-24-40(16,17)18)37(38)35(33)19-23-39(13,14)15/h27-32H,1-18H3. The van der Waals surface area contributed by atoms with Crippen LogP contribution in [-0.4, -0.2) is 38.1 Å². The number of hydrogen-bond acceptors (Lipinski definition) is 1. The molecule has 1 rings (SSSR count). The van der Waals surface area contributed by atoms with Crippen molar-refractivity contribution < 1.29 is 4.79 Å². The molecule has 0 fully saturated rings. The van der Waals surface area contributed by atoms with Crippen LogP contribution in [0, 0.1) is 45.9 Å². The Morgan fingerprint density at radius 2 is 0.595 bits per heavy atom. The Morgan fingerprint density at radius 3 is 0.786 bits per heavy atom. The van der Waals surface area contributed by atoms with Gasteiger partial charge >= 0.3 is 0 Å². The predicted octanol–water partition coefficient (Wildman–Crippen LogP) is 10.4. The number of allylic oxidation sites excluding steroid dienone is 4. The van der Waals surface area contributed by atoms with Crippen LogP contribution in [0.2, 0.25) is 72.5 Å². The number of hydrogen-bond donors (Lipinski definition) is 0. The van der Waals surface area contributed by atoms with E-state index in [1.807, 2.05) is 0 Å². The van der Waals surface area contributed by atoms with E-state index in [1.165, 1.54) is 0 Å². The molecule has 5 heteroatoms. The molecule has 0 saturated heterocycles. The summed E-state index contributed by atoms with van der Waals surface area (Å²) < 4.78 is 0. The summed E-state index contributed by atoms with van der Waals surface area (Å²) in [5.74, 6) is 14.0. The first kappa shape index (κ1) is 38.3. The number of rotatable bonds is 6. The van der Waals surface area contributed by atoms with Gasteiger partial charge in [-0.3, -0.25) is 4.79 Å². The van der Waals surface area contributed by atoms with E-state index >= 15 is 0 Å². The van der Waals surface area contributed by atoms with E-state index in [0.29, 0.717) is 44.4 Å². The van der Waals surface area contributed by atoms with Crippen molar-refractivity contribution >= 4 is 38.1 Å². The second-order valence-corrected chi connectivity index (χ2v) is 36.8. The Bertz CT molecular complexity index is 1190. The molecule has 0 atom stereocenters. The van der Waals surface area contributed by atoms with Gasteiger partial charge in [-0.25, -0.2) is 0 Å². The van der Waals surface area contributed by atoms with Crippen LogP contribution in [0.3, 0.4) is 0 Å². The summed E-state index contributed by atoms with van der Waals surface area (Å²) >= 11 is 0. The highest BCUT2D eigenvalue weighted by molar-refractivity contribution is 6.91. The summed E-state index contributed by atoms with van der Waals surface area (Å²) in [6.45, 7) is 41.3. The topological polar surface area (TPSA) is 17.1 Å². The third-order valence-electron chi connectivity index (χ3n) is 8.87. The van der Waals surface area contributed by atoms with Crippen LogP contribution in [0.15, 0.2) is 22.3 Å². The fourth-order valence-corrected chi connectivity index (χ4v) is 18.2.